The van der Waals surface area contributed by atoms with Crippen LogP contribution < -0.4 is 139 Å². The van der Waals surface area contributed by atoms with Gasteiger partial charge in [0.25, 0.3) is 0 Å². The zero-order valence-electron chi connectivity index (χ0n) is 33.5. The Labute approximate surface area is 456 Å². The Kier molecular flexibility index (Phi) is 27.7. The van der Waals surface area contributed by atoms with E-state index in [1.54, 1.807) is 0 Å². The smallest absolute Gasteiger partial charge is 0.744 e. The molecule has 322 valence electrons. The van der Waals surface area contributed by atoms with E-state index in [1.807, 2.05) is 0 Å². The van der Waals surface area contributed by atoms with Crippen LogP contribution >= 0.6 is 24.4 Å². The number of phenolic OH excluding ortho intramolecular Hbond substituents is 1. The van der Waals surface area contributed by atoms with Gasteiger partial charge in [-0.1, -0.05) is 6.07 Å². The number of benzene rings is 4. The maximum atomic E-state index is 13.0. The average Bonchev–Trinajstić information content (AvgIpc) is 3.15. The largest absolute Gasteiger partial charge is 1.00 e. The number of ether oxygens (including phenoxy) is 1. The Hall–Kier alpha value is -0.160. The molecule has 0 aromatic heterocycles. The first-order valence-electron chi connectivity index (χ1n) is 15.3. The second-order valence-corrected chi connectivity index (χ2v) is 18.9. The van der Waals surface area contributed by atoms with Crippen molar-refractivity contribution in [3.8, 4) is 11.5 Å². The number of aromatic hydroxyl groups is 1. The Morgan fingerprint density at radius 3 is 2.00 bits per heavy atom. The van der Waals surface area contributed by atoms with E-state index in [-0.39, 0.29) is 180 Å². The number of hydrogen-bond donors (Lipinski definition) is 2. The minimum atomic E-state index is -5.43. The van der Waals surface area contributed by atoms with Crippen molar-refractivity contribution in [1.82, 2.24) is 0 Å². The van der Waals surface area contributed by atoms with Crippen molar-refractivity contribution in [1.29, 1.82) is 0 Å². The SMILES string of the molecule is COc1cc(S(=O)(=O)CCOSOO[O-])c(C)cc1N=Nc1c(SOO[O-])cc2cc(S(=O)(=O)[O-])c(N=Nc3cccc(S(=O)(=O)CCOS(=O)(=O)[O-])c3)c(N)c2c1O.[Na+].[Na+].[Na+].[Na+]. The first-order chi connectivity index (χ1) is 27.6. The Balaban J connectivity index is 0.00000961. The normalized spacial score (nSPS) is 12.1. The van der Waals surface area contributed by atoms with Gasteiger partial charge in [0.2, 0.25) is 10.4 Å². The third kappa shape index (κ3) is 17.7. The number of fused-ring (bicyclic) bond motifs is 1. The number of methoxy groups -OCH3 is 1. The molecule has 0 aliphatic heterocycles. The molecule has 0 heterocycles. The first kappa shape index (κ1) is 62.8. The predicted octanol–water partition coefficient (Wildman–Crippen LogP) is -9.75. The summed E-state index contributed by atoms with van der Waals surface area (Å²) in [6.45, 7) is -0.00206. The maximum Gasteiger partial charge on any atom is 1.00 e. The molecular formula is C28H25N5Na4O20S6. The Bertz CT molecular complexity index is 2740. The van der Waals surface area contributed by atoms with Crippen molar-refractivity contribution in [3.63, 3.8) is 0 Å². The fourth-order valence-electron chi connectivity index (χ4n) is 4.88. The fraction of sp³-hybridized carbons (Fsp3) is 0.214. The molecule has 63 heavy (non-hydrogen) atoms. The van der Waals surface area contributed by atoms with Gasteiger partial charge < -0.3 is 35.2 Å². The van der Waals surface area contributed by atoms with Crippen LogP contribution in [-0.2, 0) is 67.3 Å². The van der Waals surface area contributed by atoms with Gasteiger partial charge in [0, 0.05) is 6.07 Å². The van der Waals surface area contributed by atoms with E-state index < -0.39 is 103 Å². The number of phenols is 1. The monoisotopic (exact) mass is 1030 g/mol. The fourth-order valence-corrected chi connectivity index (χ4v) is 9.23. The number of nitrogens with two attached hydrogens (primary N) is 1. The molecule has 0 aliphatic carbocycles. The topological polar surface area (TPSA) is 389 Å². The van der Waals surface area contributed by atoms with E-state index >= 15 is 0 Å². The van der Waals surface area contributed by atoms with E-state index in [4.69, 9.17) is 14.7 Å². The number of nitrogens with zero attached hydrogens (tertiary/aromatic N) is 4. The standard InChI is InChI=1S/C28H29N5O20S6.4Na/c1-15-10-19(20(47-2)14-22(15)57(39,40)8-6-48-55-53-51-36)31-32-26-21(54-52-50-35)11-16-12-23(58(41,42)43)27(25(29)24(16)28(26)34)33-30-17-4-3-5-18(13-17)56(37,38)9-7-49-59(44,45)46;;;;/h3-5,10-14,34-36H,6-9,29H2,1-2H3,(H,41,42,43)(H,44,45,46);;;;/q;4*+1/p-4. The molecule has 0 fully saturated rings. The summed E-state index contributed by atoms with van der Waals surface area (Å²) in [5.74, 6) is -2.51. The summed E-state index contributed by atoms with van der Waals surface area (Å²) in [6.07, 6.45) is 0. The van der Waals surface area contributed by atoms with E-state index in [0.29, 0.717) is 0 Å². The number of rotatable bonds is 21. The van der Waals surface area contributed by atoms with Gasteiger partial charge >= 0.3 is 118 Å². The molecule has 0 aliphatic rings. The third-order valence-electron chi connectivity index (χ3n) is 7.37. The minimum absolute atomic E-state index is 0. The van der Waals surface area contributed by atoms with Gasteiger partial charge in [-0.25, -0.2) is 33.7 Å². The van der Waals surface area contributed by atoms with Gasteiger partial charge in [-0.15, -0.1) is 19.7 Å². The van der Waals surface area contributed by atoms with Crippen LogP contribution in [0.4, 0.5) is 28.4 Å². The van der Waals surface area contributed by atoms with Gasteiger partial charge in [0.05, 0.1) is 80.2 Å². The summed E-state index contributed by atoms with van der Waals surface area (Å²) < 4.78 is 143. The quantitative estimate of drug-likeness (QED) is 0.00900. The maximum absolute atomic E-state index is 13.0. The molecule has 0 saturated carbocycles. The molecule has 4 aromatic rings. The van der Waals surface area contributed by atoms with Crippen LogP contribution in [0, 0.1) is 6.92 Å². The van der Waals surface area contributed by atoms with Crippen molar-refractivity contribution in [2.45, 2.75) is 26.5 Å². The summed E-state index contributed by atoms with van der Waals surface area (Å²) in [5, 5.41) is 53.5. The van der Waals surface area contributed by atoms with E-state index in [1.165, 1.54) is 32.2 Å². The van der Waals surface area contributed by atoms with Crippen LogP contribution in [0.2, 0.25) is 0 Å². The van der Waals surface area contributed by atoms with Gasteiger partial charge in [-0.05, 0) is 54.3 Å². The number of nitrogen functional groups attached to an aromatic ring is 1. The van der Waals surface area contributed by atoms with Gasteiger partial charge in [0.15, 0.2) is 37.7 Å². The zero-order chi connectivity index (χ0) is 43.8. The average molecular weight is 1040 g/mol. The van der Waals surface area contributed by atoms with Crippen molar-refractivity contribution in [2.24, 2.45) is 20.5 Å². The number of hydrogen-bond acceptors (Lipinski definition) is 27. The molecule has 3 N–H and O–H groups in total. The number of sulfone groups is 2. The van der Waals surface area contributed by atoms with Gasteiger partial charge in [-0.2, -0.15) is 9.45 Å². The summed E-state index contributed by atoms with van der Waals surface area (Å²) in [4.78, 5) is -1.99. The molecule has 4 aromatic carbocycles. The van der Waals surface area contributed by atoms with E-state index in [2.05, 4.69) is 43.4 Å². The molecule has 25 nitrogen and oxygen atoms in total. The van der Waals surface area contributed by atoms with Gasteiger partial charge in [-0.3, -0.25) is 18.4 Å². The van der Waals surface area contributed by atoms with Crippen LogP contribution in [-0.4, -0.2) is 79.7 Å². The van der Waals surface area contributed by atoms with E-state index in [9.17, 15) is 58.4 Å². The van der Waals surface area contributed by atoms with Crippen LogP contribution in [0.25, 0.3) is 10.8 Å². The third-order valence-corrected chi connectivity index (χ3v) is 13.1. The van der Waals surface area contributed by atoms with Crippen molar-refractivity contribution >= 4 is 104 Å². The summed E-state index contributed by atoms with van der Waals surface area (Å²) >= 11 is 0.280. The van der Waals surface area contributed by atoms with Crippen LogP contribution in [0.5, 0.6) is 11.5 Å². The number of aryl methyl sites for hydroxylation is 1. The summed E-state index contributed by atoms with van der Waals surface area (Å²) in [7, 11) is -17.7. The first-order valence-corrected chi connectivity index (χ1v) is 22.7. The molecule has 0 unspecified atom stereocenters. The zero-order valence-corrected chi connectivity index (χ0v) is 46.4. The molecule has 0 atom stereocenters. The number of azo groups is 2. The molecule has 0 spiro atoms. The molecule has 35 heteroatoms. The molecule has 0 amide bonds. The number of anilines is 1. The second-order valence-electron chi connectivity index (χ2n) is 11.1. The predicted molar refractivity (Wildman–Crippen MR) is 194 cm³/mol. The molecule has 0 radical (unpaired) electrons. The minimum Gasteiger partial charge on any atom is -0.744 e. The van der Waals surface area contributed by atoms with Crippen LogP contribution in [0.15, 0.2) is 88.6 Å². The Morgan fingerprint density at radius 1 is 0.762 bits per heavy atom. The van der Waals surface area contributed by atoms with Crippen molar-refractivity contribution in [2.75, 3.05) is 37.6 Å². The van der Waals surface area contributed by atoms with Crippen LogP contribution in [0.1, 0.15) is 5.56 Å². The van der Waals surface area contributed by atoms with E-state index in [0.717, 1.165) is 30.3 Å². The summed E-state index contributed by atoms with van der Waals surface area (Å²) in [6, 6.07) is 8.59. The van der Waals surface area contributed by atoms with Crippen molar-refractivity contribution < 1.29 is 208 Å². The Morgan fingerprint density at radius 2 is 1.40 bits per heavy atom. The molecular weight excluding hydrogens is 1010 g/mol. The molecule has 4 rings (SSSR count). The van der Waals surface area contributed by atoms with Crippen LogP contribution in [0.3, 0.4) is 0 Å². The van der Waals surface area contributed by atoms with Gasteiger partial charge in [0.1, 0.15) is 32.9 Å². The summed E-state index contributed by atoms with van der Waals surface area (Å²) in [5.41, 5.74) is 4.06. The molecule has 0 bridgehead atoms. The molecule has 0 saturated heterocycles. The second kappa shape index (κ2) is 27.7. The van der Waals surface area contributed by atoms with Crippen molar-refractivity contribution in [3.05, 3.63) is 54.1 Å².